The zero-order chi connectivity index (χ0) is 8.65. The normalized spacial score (nSPS) is 18.8. The Bertz CT molecular complexity index is 141. The van der Waals surface area contributed by atoms with Crippen LogP contribution >= 0.6 is 0 Å². The molecule has 0 saturated carbocycles. The zero-order valence-corrected chi connectivity index (χ0v) is 9.17. The number of nitrogens with zero attached hydrogens (tertiary/aromatic N) is 1. The average molecular weight is 186 g/mol. The van der Waals surface area contributed by atoms with Crippen LogP contribution in [0.1, 0.15) is 19.8 Å². The fourth-order valence-corrected chi connectivity index (χ4v) is 2.14. The maximum atomic E-state index is 5.60. The van der Waals surface area contributed by atoms with E-state index in [0.29, 0.717) is 0 Å². The molecule has 0 spiro atoms. The maximum Gasteiger partial charge on any atom is 0.240 e. The molecule has 0 bridgehead atoms. The summed E-state index contributed by atoms with van der Waals surface area (Å²) in [6, 6.07) is 0. The van der Waals surface area contributed by atoms with Gasteiger partial charge in [-0.2, -0.15) is 0 Å². The summed E-state index contributed by atoms with van der Waals surface area (Å²) in [6.45, 7) is 5.17. The van der Waals surface area contributed by atoms with E-state index in [9.17, 15) is 0 Å². The topological polar surface area (TPSA) is 24.5 Å². The Morgan fingerprint density at radius 2 is 2.58 bits per heavy atom. The van der Waals surface area contributed by atoms with Crippen molar-refractivity contribution in [2.45, 2.75) is 19.8 Å². The van der Waals surface area contributed by atoms with Crippen LogP contribution in [-0.2, 0) is 4.43 Å². The van der Waals surface area contributed by atoms with Crippen molar-refractivity contribution >= 4 is 9.92 Å². The maximum absolute atomic E-state index is 5.60. The Balaban J connectivity index is 1.95. The molecule has 0 atom stereocenters. The first-order chi connectivity index (χ1) is 5.93. The molecule has 0 aromatic carbocycles. The standard InChI is InChI=1S/C8H18N2OSi/c1-2-3-7-11-12-10-6-4-5-9-8-10/h4-5,9H,2-3,6-8,12H2,1H3. The molecule has 3 nitrogen and oxygen atoms in total. The van der Waals surface area contributed by atoms with Gasteiger partial charge in [-0.15, -0.1) is 0 Å². The molecule has 1 rings (SSSR count). The van der Waals surface area contributed by atoms with Crippen LogP contribution in [0.4, 0.5) is 0 Å². The predicted octanol–water partition coefficient (Wildman–Crippen LogP) is 0.178. The lowest BCUT2D eigenvalue weighted by Gasteiger charge is -2.23. The Morgan fingerprint density at radius 1 is 1.67 bits per heavy atom. The Hall–Kier alpha value is -0.323. The fourth-order valence-electron chi connectivity index (χ4n) is 1.07. The lowest BCUT2D eigenvalue weighted by Crippen LogP contribution is -2.39. The van der Waals surface area contributed by atoms with Gasteiger partial charge in [0.05, 0.1) is 6.67 Å². The summed E-state index contributed by atoms with van der Waals surface area (Å²) in [5, 5.41) is 3.18. The third-order valence-electron chi connectivity index (χ3n) is 1.83. The van der Waals surface area contributed by atoms with Gasteiger partial charge in [-0.05, 0) is 12.6 Å². The molecule has 12 heavy (non-hydrogen) atoms. The first-order valence-electron chi connectivity index (χ1n) is 4.62. The van der Waals surface area contributed by atoms with E-state index in [4.69, 9.17) is 4.43 Å². The van der Waals surface area contributed by atoms with E-state index in [-0.39, 0.29) is 0 Å². The van der Waals surface area contributed by atoms with E-state index in [0.717, 1.165) is 19.8 Å². The highest BCUT2D eigenvalue weighted by Crippen LogP contribution is 1.92. The third kappa shape index (κ3) is 3.89. The average Bonchev–Trinajstić information content (AvgIpc) is 2.14. The first-order valence-corrected chi connectivity index (χ1v) is 5.83. The molecule has 1 N–H and O–H groups in total. The highest BCUT2D eigenvalue weighted by molar-refractivity contribution is 6.23. The molecule has 70 valence electrons. The molecular formula is C8H18N2OSi. The lowest BCUT2D eigenvalue weighted by molar-refractivity contribution is 0.276. The molecule has 0 amide bonds. The second-order valence-corrected chi connectivity index (χ2v) is 4.57. The number of nitrogens with one attached hydrogen (secondary N) is 1. The molecule has 1 aliphatic heterocycles. The Labute approximate surface area is 76.8 Å². The predicted molar refractivity (Wildman–Crippen MR) is 53.3 cm³/mol. The van der Waals surface area contributed by atoms with Gasteiger partial charge in [0.1, 0.15) is 0 Å². The largest absolute Gasteiger partial charge is 0.408 e. The summed E-state index contributed by atoms with van der Waals surface area (Å²) in [7, 11) is -0.435. The Kier molecular flexibility index (Phi) is 5.06. The van der Waals surface area contributed by atoms with Crippen LogP contribution in [0.5, 0.6) is 0 Å². The van der Waals surface area contributed by atoms with Crippen molar-refractivity contribution in [1.82, 2.24) is 9.88 Å². The van der Waals surface area contributed by atoms with E-state index in [2.05, 4.69) is 22.9 Å². The van der Waals surface area contributed by atoms with Crippen molar-refractivity contribution in [1.29, 1.82) is 0 Å². The molecule has 0 aliphatic carbocycles. The molecule has 0 saturated heterocycles. The highest BCUT2D eigenvalue weighted by Gasteiger charge is 2.04. The highest BCUT2D eigenvalue weighted by atomic mass is 28.2. The summed E-state index contributed by atoms with van der Waals surface area (Å²) < 4.78 is 7.96. The first kappa shape index (κ1) is 9.76. The van der Waals surface area contributed by atoms with Gasteiger partial charge in [0.15, 0.2) is 0 Å². The van der Waals surface area contributed by atoms with Crippen LogP contribution in [0.3, 0.4) is 0 Å². The van der Waals surface area contributed by atoms with Gasteiger partial charge in [0.25, 0.3) is 0 Å². The summed E-state index contributed by atoms with van der Waals surface area (Å²) in [5.74, 6) is 0. The van der Waals surface area contributed by atoms with E-state index < -0.39 is 9.92 Å². The second-order valence-electron chi connectivity index (χ2n) is 3.01. The van der Waals surface area contributed by atoms with Crippen LogP contribution in [0.2, 0.25) is 0 Å². The van der Waals surface area contributed by atoms with E-state index in [1.165, 1.54) is 12.8 Å². The van der Waals surface area contributed by atoms with Gasteiger partial charge < -0.3 is 9.74 Å². The van der Waals surface area contributed by atoms with Gasteiger partial charge in [-0.25, -0.2) is 0 Å². The van der Waals surface area contributed by atoms with E-state index in [1.54, 1.807) is 0 Å². The summed E-state index contributed by atoms with van der Waals surface area (Å²) in [6.07, 6.45) is 6.58. The van der Waals surface area contributed by atoms with Crippen molar-refractivity contribution in [2.75, 3.05) is 19.8 Å². The van der Waals surface area contributed by atoms with Gasteiger partial charge in [0.2, 0.25) is 9.92 Å². The SMILES string of the molecule is CCCCO[SiH2]N1CC=CNC1. The van der Waals surface area contributed by atoms with Gasteiger partial charge in [-0.3, -0.25) is 4.57 Å². The van der Waals surface area contributed by atoms with Crippen LogP contribution < -0.4 is 5.32 Å². The third-order valence-corrected chi connectivity index (χ3v) is 3.15. The second kappa shape index (κ2) is 6.22. The van der Waals surface area contributed by atoms with Gasteiger partial charge in [-0.1, -0.05) is 19.4 Å². The molecule has 0 unspecified atom stereocenters. The van der Waals surface area contributed by atoms with Gasteiger partial charge in [0, 0.05) is 13.2 Å². The summed E-state index contributed by atoms with van der Waals surface area (Å²) >= 11 is 0. The van der Waals surface area contributed by atoms with Crippen molar-refractivity contribution in [3.05, 3.63) is 12.3 Å². The minimum Gasteiger partial charge on any atom is -0.408 e. The fraction of sp³-hybridized carbons (Fsp3) is 0.750. The van der Waals surface area contributed by atoms with Crippen LogP contribution in [0.15, 0.2) is 12.3 Å². The molecule has 0 aromatic rings. The smallest absolute Gasteiger partial charge is 0.240 e. The van der Waals surface area contributed by atoms with Crippen molar-refractivity contribution in [2.24, 2.45) is 0 Å². The molecule has 0 radical (unpaired) electrons. The van der Waals surface area contributed by atoms with E-state index in [1.807, 2.05) is 6.20 Å². The zero-order valence-electron chi connectivity index (χ0n) is 7.75. The van der Waals surface area contributed by atoms with Crippen LogP contribution in [0, 0.1) is 0 Å². The Morgan fingerprint density at radius 3 is 3.25 bits per heavy atom. The lowest BCUT2D eigenvalue weighted by atomic mass is 10.4. The number of hydrogen-bond acceptors (Lipinski definition) is 3. The molecule has 4 heteroatoms. The molecular weight excluding hydrogens is 168 g/mol. The van der Waals surface area contributed by atoms with Crippen molar-refractivity contribution in [3.63, 3.8) is 0 Å². The number of rotatable bonds is 5. The number of hydrogen-bond donors (Lipinski definition) is 1. The monoisotopic (exact) mass is 186 g/mol. The van der Waals surface area contributed by atoms with E-state index >= 15 is 0 Å². The van der Waals surface area contributed by atoms with Crippen LogP contribution in [-0.4, -0.2) is 34.3 Å². The minimum atomic E-state index is -0.435. The quantitative estimate of drug-likeness (QED) is 0.490. The van der Waals surface area contributed by atoms with Gasteiger partial charge >= 0.3 is 0 Å². The minimum absolute atomic E-state index is 0.435. The number of unbranched alkanes of at least 4 members (excludes halogenated alkanes) is 1. The molecule has 0 fully saturated rings. The summed E-state index contributed by atoms with van der Waals surface area (Å²) in [4.78, 5) is 0. The molecule has 1 heterocycles. The molecule has 1 aliphatic rings. The van der Waals surface area contributed by atoms with Crippen LogP contribution in [0.25, 0.3) is 0 Å². The summed E-state index contributed by atoms with van der Waals surface area (Å²) in [5.41, 5.74) is 0. The van der Waals surface area contributed by atoms with Crippen molar-refractivity contribution in [3.8, 4) is 0 Å². The van der Waals surface area contributed by atoms with Crippen molar-refractivity contribution < 1.29 is 4.43 Å². The molecule has 0 aromatic heterocycles.